The molecule has 1 aromatic carbocycles. The molecule has 24 heavy (non-hydrogen) atoms. The predicted octanol–water partition coefficient (Wildman–Crippen LogP) is 3.64. The Morgan fingerprint density at radius 1 is 1.29 bits per heavy atom. The van der Waals surface area contributed by atoms with Crippen LogP contribution in [0.4, 0.5) is 0 Å². The van der Waals surface area contributed by atoms with E-state index in [1.807, 2.05) is 41.1 Å². The number of carbonyl (C=O) groups excluding carboxylic acids is 1. The minimum absolute atomic E-state index is 0.0286. The molecule has 0 saturated carbocycles. The van der Waals surface area contributed by atoms with Gasteiger partial charge in [-0.1, -0.05) is 5.16 Å². The molecule has 124 valence electrons. The number of thiophene rings is 1. The maximum Gasteiger partial charge on any atom is 0.316 e. The number of thioether (sulfide) groups is 1. The molecule has 3 rings (SSSR count). The van der Waals surface area contributed by atoms with Crippen LogP contribution in [0, 0.1) is 0 Å². The Morgan fingerprint density at radius 3 is 2.83 bits per heavy atom. The van der Waals surface area contributed by atoms with Crippen molar-refractivity contribution in [3.63, 3.8) is 0 Å². The average Bonchev–Trinajstić information content (AvgIpc) is 3.29. The van der Waals surface area contributed by atoms with Gasteiger partial charge in [-0.15, -0.1) is 11.8 Å². The zero-order chi connectivity index (χ0) is 16.8. The fourth-order valence-corrected chi connectivity index (χ4v) is 3.15. The number of aromatic nitrogens is 2. The van der Waals surface area contributed by atoms with Gasteiger partial charge in [0, 0.05) is 15.8 Å². The standard InChI is InChI=1S/C16H14N2O4S2/c1-20-12-2-4-13(5-3-12)24-10-15(19)21-8-14-17-16(18-22-14)11-6-7-23-9-11/h2-7,9H,8,10H2,1H3. The second-order valence-electron chi connectivity index (χ2n) is 4.65. The number of rotatable bonds is 7. The molecule has 0 bridgehead atoms. The molecule has 6 nitrogen and oxygen atoms in total. The van der Waals surface area contributed by atoms with E-state index >= 15 is 0 Å². The van der Waals surface area contributed by atoms with Crippen molar-refractivity contribution in [3.8, 4) is 17.1 Å². The molecule has 0 radical (unpaired) electrons. The van der Waals surface area contributed by atoms with Crippen LogP contribution in [0.2, 0.25) is 0 Å². The van der Waals surface area contributed by atoms with E-state index in [9.17, 15) is 4.79 Å². The fourth-order valence-electron chi connectivity index (χ4n) is 1.82. The first-order valence-electron chi connectivity index (χ1n) is 7.02. The lowest BCUT2D eigenvalue weighted by Crippen LogP contribution is -2.07. The number of esters is 1. The lowest BCUT2D eigenvalue weighted by Gasteiger charge is -2.03. The number of nitrogens with zero attached hydrogens (tertiary/aromatic N) is 2. The summed E-state index contributed by atoms with van der Waals surface area (Å²) in [5.74, 6) is 1.41. The number of ether oxygens (including phenoxy) is 2. The Balaban J connectivity index is 1.45. The Bertz CT molecular complexity index is 785. The third-order valence-corrected chi connectivity index (χ3v) is 4.69. The molecule has 0 saturated heterocycles. The third-order valence-electron chi connectivity index (χ3n) is 3.02. The number of benzene rings is 1. The van der Waals surface area contributed by atoms with Gasteiger partial charge in [0.15, 0.2) is 6.61 Å². The molecule has 0 unspecified atom stereocenters. The number of methoxy groups -OCH3 is 1. The minimum atomic E-state index is -0.342. The molecule has 2 aromatic heterocycles. The van der Waals surface area contributed by atoms with Gasteiger partial charge in [0.25, 0.3) is 5.89 Å². The number of carbonyl (C=O) groups is 1. The summed E-state index contributed by atoms with van der Waals surface area (Å²) in [6.45, 7) is -0.0286. The maximum absolute atomic E-state index is 11.8. The molecule has 0 amide bonds. The smallest absolute Gasteiger partial charge is 0.316 e. The van der Waals surface area contributed by atoms with Gasteiger partial charge in [0.2, 0.25) is 5.82 Å². The highest BCUT2D eigenvalue weighted by molar-refractivity contribution is 8.00. The Morgan fingerprint density at radius 2 is 2.12 bits per heavy atom. The Labute approximate surface area is 146 Å². The van der Waals surface area contributed by atoms with Gasteiger partial charge < -0.3 is 14.0 Å². The lowest BCUT2D eigenvalue weighted by molar-refractivity contribution is -0.142. The van der Waals surface area contributed by atoms with E-state index in [-0.39, 0.29) is 24.2 Å². The highest BCUT2D eigenvalue weighted by atomic mass is 32.2. The van der Waals surface area contributed by atoms with Crippen molar-refractivity contribution < 1.29 is 18.8 Å². The molecule has 0 spiro atoms. The first-order valence-corrected chi connectivity index (χ1v) is 8.95. The van der Waals surface area contributed by atoms with E-state index in [4.69, 9.17) is 14.0 Å². The van der Waals surface area contributed by atoms with Crippen LogP contribution in [0.5, 0.6) is 5.75 Å². The highest BCUT2D eigenvalue weighted by Crippen LogP contribution is 2.22. The van der Waals surface area contributed by atoms with Gasteiger partial charge in [0.05, 0.1) is 12.9 Å². The SMILES string of the molecule is COc1ccc(SCC(=O)OCc2nc(-c3ccsc3)no2)cc1. The molecule has 3 aromatic rings. The zero-order valence-corrected chi connectivity index (χ0v) is 14.4. The van der Waals surface area contributed by atoms with E-state index in [2.05, 4.69) is 10.1 Å². The largest absolute Gasteiger partial charge is 0.497 e. The first-order chi connectivity index (χ1) is 11.7. The van der Waals surface area contributed by atoms with Crippen molar-refractivity contribution in [1.82, 2.24) is 10.1 Å². The summed E-state index contributed by atoms with van der Waals surface area (Å²) in [7, 11) is 1.61. The van der Waals surface area contributed by atoms with Crippen molar-refractivity contribution in [2.45, 2.75) is 11.5 Å². The molecule has 8 heteroatoms. The van der Waals surface area contributed by atoms with Gasteiger partial charge in [-0.3, -0.25) is 4.79 Å². The summed E-state index contributed by atoms with van der Waals surface area (Å²) < 4.78 is 15.3. The molecule has 0 aliphatic heterocycles. The van der Waals surface area contributed by atoms with E-state index in [1.54, 1.807) is 18.4 Å². The van der Waals surface area contributed by atoms with Crippen LogP contribution in [-0.4, -0.2) is 29.0 Å². The number of hydrogen-bond donors (Lipinski definition) is 0. The van der Waals surface area contributed by atoms with Gasteiger partial charge in [0.1, 0.15) is 5.75 Å². The predicted molar refractivity (Wildman–Crippen MR) is 91.1 cm³/mol. The lowest BCUT2D eigenvalue weighted by atomic mass is 10.3. The normalized spacial score (nSPS) is 10.5. The van der Waals surface area contributed by atoms with Crippen LogP contribution in [0.1, 0.15) is 5.89 Å². The van der Waals surface area contributed by atoms with Crippen molar-refractivity contribution in [3.05, 3.63) is 47.0 Å². The molecule has 0 atom stereocenters. The third kappa shape index (κ3) is 4.36. The summed E-state index contributed by atoms with van der Waals surface area (Å²) in [4.78, 5) is 16.9. The summed E-state index contributed by atoms with van der Waals surface area (Å²) >= 11 is 2.94. The molecule has 0 N–H and O–H groups in total. The molecule has 0 aliphatic carbocycles. The van der Waals surface area contributed by atoms with Crippen molar-refractivity contribution >= 4 is 29.1 Å². The summed E-state index contributed by atoms with van der Waals surface area (Å²) in [5, 5.41) is 7.71. The highest BCUT2D eigenvalue weighted by Gasteiger charge is 2.11. The maximum atomic E-state index is 11.8. The van der Waals surface area contributed by atoms with E-state index in [0.29, 0.717) is 5.82 Å². The van der Waals surface area contributed by atoms with E-state index in [1.165, 1.54) is 11.8 Å². The molecule has 2 heterocycles. The van der Waals surface area contributed by atoms with Crippen LogP contribution < -0.4 is 4.74 Å². The van der Waals surface area contributed by atoms with Crippen LogP contribution in [0.3, 0.4) is 0 Å². The van der Waals surface area contributed by atoms with E-state index in [0.717, 1.165) is 16.2 Å². The quantitative estimate of drug-likeness (QED) is 0.469. The van der Waals surface area contributed by atoms with Gasteiger partial charge in [-0.2, -0.15) is 16.3 Å². The topological polar surface area (TPSA) is 74.5 Å². The number of hydrogen-bond acceptors (Lipinski definition) is 8. The van der Waals surface area contributed by atoms with Crippen LogP contribution >= 0.6 is 23.1 Å². The Hall–Kier alpha value is -2.32. The van der Waals surface area contributed by atoms with Crippen LogP contribution in [0.15, 0.2) is 50.5 Å². The first kappa shape index (κ1) is 16.5. The van der Waals surface area contributed by atoms with E-state index < -0.39 is 0 Å². The average molecular weight is 362 g/mol. The summed E-state index contributed by atoms with van der Waals surface area (Å²) in [6, 6.07) is 9.37. The van der Waals surface area contributed by atoms with Crippen molar-refractivity contribution in [2.75, 3.05) is 12.9 Å². The molecular weight excluding hydrogens is 348 g/mol. The Kier molecular flexibility index (Phi) is 5.50. The molecule has 0 fully saturated rings. The second-order valence-corrected chi connectivity index (χ2v) is 6.48. The monoisotopic (exact) mass is 362 g/mol. The second kappa shape index (κ2) is 7.98. The summed E-state index contributed by atoms with van der Waals surface area (Å²) in [5.41, 5.74) is 0.886. The van der Waals surface area contributed by atoms with Gasteiger partial charge in [-0.05, 0) is 35.7 Å². The zero-order valence-electron chi connectivity index (χ0n) is 12.8. The van der Waals surface area contributed by atoms with Crippen LogP contribution in [-0.2, 0) is 16.1 Å². The fraction of sp³-hybridized carbons (Fsp3) is 0.188. The minimum Gasteiger partial charge on any atom is -0.497 e. The molecule has 0 aliphatic rings. The van der Waals surface area contributed by atoms with Crippen molar-refractivity contribution in [1.29, 1.82) is 0 Å². The van der Waals surface area contributed by atoms with Crippen LogP contribution in [0.25, 0.3) is 11.4 Å². The van der Waals surface area contributed by atoms with Gasteiger partial charge >= 0.3 is 5.97 Å². The summed E-state index contributed by atoms with van der Waals surface area (Å²) in [6.07, 6.45) is 0. The molecular formula is C16H14N2O4S2. The van der Waals surface area contributed by atoms with Crippen molar-refractivity contribution in [2.24, 2.45) is 0 Å². The van der Waals surface area contributed by atoms with Gasteiger partial charge in [-0.25, -0.2) is 0 Å².